The molecule has 1 aliphatic heterocycles. The van der Waals surface area contributed by atoms with Crippen LogP contribution >= 0.6 is 0 Å². The molecule has 3 rings (SSSR count). The third-order valence-electron chi connectivity index (χ3n) is 4.90. The number of aryl methyl sites for hydroxylation is 1. The highest BCUT2D eigenvalue weighted by molar-refractivity contribution is 6.02. The van der Waals surface area contributed by atoms with Gasteiger partial charge in [-0.15, -0.1) is 0 Å². The van der Waals surface area contributed by atoms with Crippen LogP contribution in [0.5, 0.6) is 0 Å². The van der Waals surface area contributed by atoms with E-state index in [4.69, 9.17) is 11.5 Å². The highest BCUT2D eigenvalue weighted by atomic mass is 16.2. The van der Waals surface area contributed by atoms with Crippen LogP contribution in [0.1, 0.15) is 40.5 Å². The summed E-state index contributed by atoms with van der Waals surface area (Å²) in [6, 6.07) is 5.65. The zero-order valence-electron chi connectivity index (χ0n) is 14.7. The second-order valence-electron chi connectivity index (χ2n) is 6.53. The molecule has 2 heterocycles. The largest absolute Gasteiger partial charge is 0.366 e. The molecule has 4 N–H and O–H groups in total. The van der Waals surface area contributed by atoms with Gasteiger partial charge in [0.05, 0.1) is 17.8 Å². The second-order valence-corrected chi connectivity index (χ2v) is 6.53. The fraction of sp³-hybridized carbons (Fsp3) is 0.368. The van der Waals surface area contributed by atoms with E-state index in [9.17, 15) is 9.59 Å². The van der Waals surface area contributed by atoms with Gasteiger partial charge in [-0.3, -0.25) is 4.79 Å². The Bertz CT molecular complexity index is 838. The Morgan fingerprint density at radius 3 is 2.56 bits per heavy atom. The van der Waals surface area contributed by atoms with Crippen LogP contribution in [0.3, 0.4) is 0 Å². The molecule has 1 aromatic carbocycles. The molecule has 0 fully saturated rings. The van der Waals surface area contributed by atoms with Gasteiger partial charge in [0.15, 0.2) is 0 Å². The van der Waals surface area contributed by atoms with Crippen molar-refractivity contribution in [1.82, 2.24) is 9.47 Å². The minimum absolute atomic E-state index is 0.308. The Morgan fingerprint density at radius 1 is 1.16 bits per heavy atom. The molecule has 0 atom stereocenters. The molecule has 132 valence electrons. The zero-order chi connectivity index (χ0) is 18.1. The maximum atomic E-state index is 12.2. The predicted molar refractivity (Wildman–Crippen MR) is 97.1 cm³/mol. The number of amides is 3. The lowest BCUT2D eigenvalue weighted by Gasteiger charge is -2.27. The van der Waals surface area contributed by atoms with Crippen molar-refractivity contribution < 1.29 is 9.59 Å². The lowest BCUT2D eigenvalue weighted by atomic mass is 9.92. The maximum absolute atomic E-state index is 12.2. The number of primary amides is 2. The van der Waals surface area contributed by atoms with Crippen molar-refractivity contribution in [1.29, 1.82) is 0 Å². The second kappa shape index (κ2) is 6.63. The van der Waals surface area contributed by atoms with Gasteiger partial charge in [-0.2, -0.15) is 0 Å². The van der Waals surface area contributed by atoms with Gasteiger partial charge in [0.2, 0.25) is 0 Å². The molecule has 0 aliphatic carbocycles. The first-order chi connectivity index (χ1) is 11.9. The van der Waals surface area contributed by atoms with Crippen molar-refractivity contribution >= 4 is 11.9 Å². The molecular formula is C19H24N4O2. The van der Waals surface area contributed by atoms with E-state index in [1.807, 2.05) is 22.9 Å². The Kier molecular flexibility index (Phi) is 4.53. The number of rotatable bonds is 4. The summed E-state index contributed by atoms with van der Waals surface area (Å²) in [6.07, 6.45) is 3.95. The molecule has 6 nitrogen and oxygen atoms in total. The van der Waals surface area contributed by atoms with Gasteiger partial charge in [-0.05, 0) is 30.0 Å². The summed E-state index contributed by atoms with van der Waals surface area (Å²) in [6.45, 7) is 5.67. The smallest absolute Gasteiger partial charge is 0.315 e. The number of benzene rings is 1. The Balaban J connectivity index is 2.18. The fourth-order valence-electron chi connectivity index (χ4n) is 3.66. The predicted octanol–water partition coefficient (Wildman–Crippen LogP) is 2.41. The summed E-state index contributed by atoms with van der Waals surface area (Å²) in [4.78, 5) is 25.3. The summed E-state index contributed by atoms with van der Waals surface area (Å²) in [5, 5.41) is 0. The molecule has 1 aromatic heterocycles. The van der Waals surface area contributed by atoms with Crippen molar-refractivity contribution in [2.24, 2.45) is 11.5 Å². The van der Waals surface area contributed by atoms with Crippen LogP contribution in [0.4, 0.5) is 4.79 Å². The minimum atomic E-state index is -0.480. The highest BCUT2D eigenvalue weighted by Crippen LogP contribution is 2.34. The zero-order valence-corrected chi connectivity index (χ0v) is 14.7. The van der Waals surface area contributed by atoms with Crippen LogP contribution in [-0.2, 0) is 19.5 Å². The Morgan fingerprint density at radius 2 is 1.92 bits per heavy atom. The average Bonchev–Trinajstić information content (AvgIpc) is 2.95. The number of aromatic nitrogens is 1. The number of fused-ring (bicyclic) bond motifs is 1. The van der Waals surface area contributed by atoms with Gasteiger partial charge >= 0.3 is 6.03 Å². The molecule has 3 amide bonds. The number of carbonyl (C=O) groups is 2. The number of carbonyl (C=O) groups excluding carboxylic acids is 2. The van der Waals surface area contributed by atoms with E-state index in [0.29, 0.717) is 25.2 Å². The lowest BCUT2D eigenvalue weighted by molar-refractivity contribution is 0.0997. The topological polar surface area (TPSA) is 94.3 Å². The van der Waals surface area contributed by atoms with Crippen LogP contribution < -0.4 is 11.5 Å². The molecule has 0 unspecified atom stereocenters. The van der Waals surface area contributed by atoms with Gasteiger partial charge in [0, 0.05) is 24.8 Å². The first-order valence-corrected chi connectivity index (χ1v) is 8.59. The van der Waals surface area contributed by atoms with E-state index in [1.165, 1.54) is 16.0 Å². The standard InChI is InChI=1S/C19H24N4O2/c1-3-5-13-12(2)6-4-7-14(13)15-10-22-8-9-23(19(21)25)11-16(22)17(15)18(20)24/h4,6-7,10H,3,5,8-9,11H2,1-2H3,(H2,20,24)(H2,21,25). The van der Waals surface area contributed by atoms with Gasteiger partial charge in [-0.1, -0.05) is 31.5 Å². The molecule has 6 heteroatoms. The van der Waals surface area contributed by atoms with Gasteiger partial charge < -0.3 is 20.9 Å². The molecule has 25 heavy (non-hydrogen) atoms. The number of hydrogen-bond acceptors (Lipinski definition) is 2. The van der Waals surface area contributed by atoms with Crippen LogP contribution in [0.2, 0.25) is 0 Å². The first-order valence-electron chi connectivity index (χ1n) is 8.59. The molecule has 0 radical (unpaired) electrons. The lowest BCUT2D eigenvalue weighted by Crippen LogP contribution is -2.41. The third kappa shape index (κ3) is 2.99. The minimum Gasteiger partial charge on any atom is -0.366 e. The normalized spacial score (nSPS) is 13.6. The summed E-state index contributed by atoms with van der Waals surface area (Å²) in [7, 11) is 0. The molecule has 2 aromatic rings. The van der Waals surface area contributed by atoms with Crippen LogP contribution in [0.25, 0.3) is 11.1 Å². The van der Waals surface area contributed by atoms with Crippen LogP contribution in [0, 0.1) is 6.92 Å². The Hall–Kier alpha value is -2.76. The van der Waals surface area contributed by atoms with Gasteiger partial charge in [0.1, 0.15) is 0 Å². The molecule has 0 bridgehead atoms. The monoisotopic (exact) mass is 340 g/mol. The van der Waals surface area contributed by atoms with E-state index in [1.54, 1.807) is 0 Å². The molecule has 0 saturated heterocycles. The van der Waals surface area contributed by atoms with Crippen LogP contribution in [-0.4, -0.2) is 28.0 Å². The van der Waals surface area contributed by atoms with Crippen molar-refractivity contribution in [3.05, 3.63) is 46.8 Å². The van der Waals surface area contributed by atoms with E-state index in [2.05, 4.69) is 19.9 Å². The van der Waals surface area contributed by atoms with E-state index >= 15 is 0 Å². The van der Waals surface area contributed by atoms with Gasteiger partial charge in [-0.25, -0.2) is 4.79 Å². The van der Waals surface area contributed by atoms with Gasteiger partial charge in [0.25, 0.3) is 5.91 Å². The average molecular weight is 340 g/mol. The first kappa shape index (κ1) is 17.1. The number of nitrogens with zero attached hydrogens (tertiary/aromatic N) is 2. The number of hydrogen-bond donors (Lipinski definition) is 2. The highest BCUT2D eigenvalue weighted by Gasteiger charge is 2.28. The van der Waals surface area contributed by atoms with Crippen molar-refractivity contribution in [2.45, 2.75) is 39.8 Å². The fourth-order valence-corrected chi connectivity index (χ4v) is 3.66. The van der Waals surface area contributed by atoms with E-state index in [0.717, 1.165) is 29.7 Å². The van der Waals surface area contributed by atoms with E-state index in [-0.39, 0.29) is 0 Å². The quantitative estimate of drug-likeness (QED) is 0.894. The molecule has 1 aliphatic rings. The summed E-state index contributed by atoms with van der Waals surface area (Å²) < 4.78 is 2.02. The number of nitrogens with two attached hydrogens (primary N) is 2. The molecular weight excluding hydrogens is 316 g/mol. The molecule has 0 spiro atoms. The summed E-state index contributed by atoms with van der Waals surface area (Å²) in [5.74, 6) is -0.473. The summed E-state index contributed by atoms with van der Waals surface area (Å²) >= 11 is 0. The Labute approximate surface area is 147 Å². The number of urea groups is 1. The maximum Gasteiger partial charge on any atom is 0.315 e. The SMILES string of the molecule is CCCc1c(C)cccc1-c1cn2c(c1C(N)=O)CN(C(N)=O)CC2. The van der Waals surface area contributed by atoms with Crippen molar-refractivity contribution in [3.8, 4) is 11.1 Å². The van der Waals surface area contributed by atoms with E-state index < -0.39 is 11.9 Å². The third-order valence-corrected chi connectivity index (χ3v) is 4.90. The molecule has 0 saturated carbocycles. The van der Waals surface area contributed by atoms with Crippen LogP contribution in [0.15, 0.2) is 24.4 Å². The summed E-state index contributed by atoms with van der Waals surface area (Å²) in [5.41, 5.74) is 16.7. The van der Waals surface area contributed by atoms with Crippen molar-refractivity contribution in [2.75, 3.05) is 6.54 Å². The van der Waals surface area contributed by atoms with Crippen molar-refractivity contribution in [3.63, 3.8) is 0 Å².